The highest BCUT2D eigenvalue weighted by Gasteiger charge is 2.56. The van der Waals surface area contributed by atoms with E-state index in [-0.39, 0.29) is 29.7 Å². The first kappa shape index (κ1) is 24.6. The predicted octanol–water partition coefficient (Wildman–Crippen LogP) is 3.10. The zero-order valence-corrected chi connectivity index (χ0v) is 20.3. The van der Waals surface area contributed by atoms with Crippen molar-refractivity contribution in [2.24, 2.45) is 17.8 Å². The van der Waals surface area contributed by atoms with E-state index in [0.717, 1.165) is 28.4 Å². The second-order valence-corrected chi connectivity index (χ2v) is 9.31. The summed E-state index contributed by atoms with van der Waals surface area (Å²) in [5.41, 5.74) is 4.54. The Hall–Kier alpha value is -4.12. The zero-order chi connectivity index (χ0) is 25.0. The maximum atomic E-state index is 12.9. The Kier molecular flexibility index (Phi) is 6.24. The number of carbonyl (C=O) groups excluding carboxylic acids is 1. The first-order valence-electron chi connectivity index (χ1n) is 11.7. The molecule has 1 aliphatic carbocycles. The van der Waals surface area contributed by atoms with Crippen LogP contribution in [0.1, 0.15) is 17.0 Å². The average Bonchev–Trinajstić information content (AvgIpc) is 3.21. The first-order valence-corrected chi connectivity index (χ1v) is 11.7. The summed E-state index contributed by atoms with van der Waals surface area (Å²) in [7, 11) is 0. The fourth-order valence-electron chi connectivity index (χ4n) is 5.33. The zero-order valence-electron chi connectivity index (χ0n) is 20.3. The number of rotatable bonds is 7. The molecule has 0 amide bonds. The Balaban J connectivity index is 0.00000280. The van der Waals surface area contributed by atoms with Crippen molar-refractivity contribution in [2.75, 3.05) is 18.0 Å². The SMILES string of the molecule is Cc1nc2ccc(-c3ccc(N4C[C@@H]5C(C(=O)[O-])[C@@H]5C4)nn3)cn2c1Cc1ccccc1OC(F)F.[NH4+]. The van der Waals surface area contributed by atoms with Gasteiger partial charge >= 0.3 is 6.61 Å². The van der Waals surface area contributed by atoms with Gasteiger partial charge in [0.2, 0.25) is 0 Å². The maximum absolute atomic E-state index is 12.9. The highest BCUT2D eigenvalue weighted by atomic mass is 19.3. The number of pyridine rings is 1. The Bertz CT molecular complexity index is 1450. The van der Waals surface area contributed by atoms with Crippen molar-refractivity contribution in [3.8, 4) is 17.0 Å². The lowest BCUT2D eigenvalue weighted by Gasteiger charge is -2.20. The third-order valence-corrected chi connectivity index (χ3v) is 7.20. The van der Waals surface area contributed by atoms with Gasteiger partial charge < -0.3 is 30.1 Å². The highest BCUT2D eigenvalue weighted by molar-refractivity contribution is 5.73. The Morgan fingerprint density at radius 2 is 1.86 bits per heavy atom. The van der Waals surface area contributed by atoms with Crippen molar-refractivity contribution < 1.29 is 23.4 Å². The number of alkyl halides is 2. The van der Waals surface area contributed by atoms with Gasteiger partial charge in [-0.3, -0.25) is 0 Å². The van der Waals surface area contributed by atoms with Gasteiger partial charge in [0.05, 0.1) is 11.4 Å². The summed E-state index contributed by atoms with van der Waals surface area (Å²) in [5, 5.41) is 19.9. The van der Waals surface area contributed by atoms with E-state index in [9.17, 15) is 18.7 Å². The van der Waals surface area contributed by atoms with Gasteiger partial charge in [-0.15, -0.1) is 10.2 Å². The summed E-state index contributed by atoms with van der Waals surface area (Å²) in [5.74, 6) is -0.151. The van der Waals surface area contributed by atoms with Gasteiger partial charge in [0.15, 0.2) is 5.82 Å². The minimum atomic E-state index is -2.90. The molecule has 4 aromatic rings. The molecule has 4 N–H and O–H groups in total. The quantitative estimate of drug-likeness (QED) is 0.406. The summed E-state index contributed by atoms with van der Waals surface area (Å²) < 4.78 is 32.4. The smallest absolute Gasteiger partial charge is 0.387 e. The van der Waals surface area contributed by atoms with Crippen LogP contribution in [-0.2, 0) is 11.2 Å². The number of halogens is 2. The van der Waals surface area contributed by atoms with Crippen LogP contribution in [0.4, 0.5) is 14.6 Å². The van der Waals surface area contributed by atoms with E-state index in [1.807, 2.05) is 41.8 Å². The molecule has 0 radical (unpaired) electrons. The molecule has 0 spiro atoms. The number of carboxylic acids is 1. The number of nitrogens with zero attached hydrogens (tertiary/aromatic N) is 5. The van der Waals surface area contributed by atoms with Crippen LogP contribution in [0.2, 0.25) is 0 Å². The molecule has 1 aliphatic heterocycles. The number of aromatic nitrogens is 4. The summed E-state index contributed by atoms with van der Waals surface area (Å²) in [6, 6.07) is 14.3. The summed E-state index contributed by atoms with van der Waals surface area (Å²) in [4.78, 5) is 17.8. The number of hydrogen-bond donors (Lipinski definition) is 1. The second kappa shape index (κ2) is 9.40. The van der Waals surface area contributed by atoms with Crippen LogP contribution in [0.5, 0.6) is 5.75 Å². The average molecular weight is 509 g/mol. The molecule has 0 bridgehead atoms. The van der Waals surface area contributed by atoms with Gasteiger partial charge in [-0.2, -0.15) is 8.78 Å². The predicted molar refractivity (Wildman–Crippen MR) is 131 cm³/mol. The van der Waals surface area contributed by atoms with Crippen LogP contribution in [-0.4, -0.2) is 45.3 Å². The lowest BCUT2D eigenvalue weighted by Crippen LogP contribution is -2.32. The van der Waals surface area contributed by atoms with E-state index < -0.39 is 12.6 Å². The number of benzene rings is 1. The molecule has 11 heteroatoms. The van der Waals surface area contributed by atoms with Gasteiger partial charge in [0, 0.05) is 54.4 Å². The molecule has 37 heavy (non-hydrogen) atoms. The molecule has 9 nitrogen and oxygen atoms in total. The van der Waals surface area contributed by atoms with Crippen LogP contribution in [0.25, 0.3) is 16.9 Å². The number of para-hydroxylation sites is 1. The van der Waals surface area contributed by atoms with Crippen LogP contribution in [0, 0.1) is 24.7 Å². The Morgan fingerprint density at radius 3 is 2.54 bits per heavy atom. The third-order valence-electron chi connectivity index (χ3n) is 7.20. The van der Waals surface area contributed by atoms with Gasteiger partial charge in [0.25, 0.3) is 0 Å². The van der Waals surface area contributed by atoms with E-state index in [1.165, 1.54) is 6.07 Å². The molecule has 1 saturated carbocycles. The minimum Gasteiger partial charge on any atom is -0.550 e. The van der Waals surface area contributed by atoms with E-state index in [4.69, 9.17) is 4.74 Å². The summed E-state index contributed by atoms with van der Waals surface area (Å²) in [6.45, 7) is 0.290. The topological polar surface area (TPSA) is 132 Å². The molecule has 1 aromatic carbocycles. The van der Waals surface area contributed by atoms with E-state index in [0.29, 0.717) is 30.8 Å². The number of piperidine rings is 1. The molecule has 1 unspecified atom stereocenters. The number of ether oxygens (including phenoxy) is 1. The van der Waals surface area contributed by atoms with E-state index in [1.54, 1.807) is 18.2 Å². The largest absolute Gasteiger partial charge is 0.550 e. The lowest BCUT2D eigenvalue weighted by atomic mass is 10.1. The number of carboxylic acid groups (broad SMARTS) is 1. The number of fused-ring (bicyclic) bond motifs is 2. The molecular weight excluding hydrogens is 482 g/mol. The highest BCUT2D eigenvalue weighted by Crippen LogP contribution is 2.51. The molecule has 6 rings (SSSR count). The number of anilines is 1. The normalized spacial score (nSPS) is 20.1. The van der Waals surface area contributed by atoms with Gasteiger partial charge in [-0.1, -0.05) is 18.2 Å². The van der Waals surface area contributed by atoms with Crippen molar-refractivity contribution in [1.29, 1.82) is 0 Å². The molecule has 2 fully saturated rings. The van der Waals surface area contributed by atoms with Crippen LogP contribution in [0.3, 0.4) is 0 Å². The monoisotopic (exact) mass is 508 g/mol. The van der Waals surface area contributed by atoms with Gasteiger partial charge in [-0.05, 0) is 49.1 Å². The van der Waals surface area contributed by atoms with Crippen molar-refractivity contribution in [2.45, 2.75) is 20.0 Å². The fraction of sp³-hybridized carbons (Fsp3) is 0.308. The lowest BCUT2D eigenvalue weighted by molar-refractivity contribution is -0.308. The molecule has 3 aromatic heterocycles. The molecule has 1 saturated heterocycles. The van der Waals surface area contributed by atoms with E-state index >= 15 is 0 Å². The Morgan fingerprint density at radius 1 is 1.11 bits per heavy atom. The number of aryl methyl sites for hydroxylation is 1. The van der Waals surface area contributed by atoms with Crippen LogP contribution in [0.15, 0.2) is 54.7 Å². The van der Waals surface area contributed by atoms with Gasteiger partial charge in [0.1, 0.15) is 11.4 Å². The summed E-state index contributed by atoms with van der Waals surface area (Å²) >= 11 is 0. The molecule has 3 atom stereocenters. The molecular formula is C26H26F2N6O3. The fourth-order valence-corrected chi connectivity index (χ4v) is 5.33. The Labute approximate surface area is 211 Å². The van der Waals surface area contributed by atoms with E-state index in [2.05, 4.69) is 20.1 Å². The van der Waals surface area contributed by atoms with Crippen LogP contribution >= 0.6 is 0 Å². The van der Waals surface area contributed by atoms with Crippen molar-refractivity contribution in [1.82, 2.24) is 25.7 Å². The standard InChI is InChI=1S/C26H23F2N5O3.H3N/c1-14-20(10-15-4-2-3-5-21(15)36-26(27)28)33-11-16(6-8-22(33)29-14)19-7-9-23(31-30-19)32-12-17-18(13-32)24(17)25(34)35;/h2-9,11,17-18,24,26H,10,12-13H2,1H3,(H,34,35);1H3/t17-,18+,24?;. The number of aliphatic carboxylic acids is 1. The van der Waals surface area contributed by atoms with Crippen molar-refractivity contribution in [3.63, 3.8) is 0 Å². The van der Waals surface area contributed by atoms with Crippen molar-refractivity contribution in [3.05, 3.63) is 71.7 Å². The maximum Gasteiger partial charge on any atom is 0.387 e. The first-order chi connectivity index (χ1) is 17.4. The van der Waals surface area contributed by atoms with Crippen molar-refractivity contribution >= 4 is 17.4 Å². The van der Waals surface area contributed by atoms with Crippen LogP contribution < -0.4 is 20.9 Å². The minimum absolute atomic E-state index is 0. The number of carbonyl (C=O) groups is 1. The molecule has 2 aliphatic rings. The number of hydrogen-bond acceptors (Lipinski definition) is 7. The second-order valence-electron chi connectivity index (χ2n) is 9.31. The van der Waals surface area contributed by atoms with Gasteiger partial charge in [-0.25, -0.2) is 4.98 Å². The molecule has 192 valence electrons. The molecule has 4 heterocycles. The number of quaternary nitrogens is 1. The number of imidazole rings is 1. The third kappa shape index (κ3) is 4.46. The summed E-state index contributed by atoms with van der Waals surface area (Å²) in [6.07, 6.45) is 2.29.